The normalized spacial score (nSPS) is 11.3. The number of rotatable bonds is 4. The number of halogens is 3. The molecule has 0 bridgehead atoms. The first-order chi connectivity index (χ1) is 7.88. The average Bonchev–Trinajstić information content (AvgIpc) is 2.24. The van der Waals surface area contributed by atoms with Crippen LogP contribution in [0, 0.1) is 10.1 Å². The van der Waals surface area contributed by atoms with Crippen molar-refractivity contribution in [2.24, 2.45) is 0 Å². The summed E-state index contributed by atoms with van der Waals surface area (Å²) in [6.07, 6.45) is -4.79. The van der Waals surface area contributed by atoms with Gasteiger partial charge in [0.25, 0.3) is 0 Å². The minimum absolute atomic E-state index is 0.0673. The van der Waals surface area contributed by atoms with Crippen molar-refractivity contribution < 1.29 is 23.2 Å². The first-order valence-corrected chi connectivity index (χ1v) is 4.57. The Balaban J connectivity index is 3.27. The summed E-state index contributed by atoms with van der Waals surface area (Å²) in [5.41, 5.74) is -2.61. The molecular formula is C9H9F3N2O3. The zero-order chi connectivity index (χ0) is 13.1. The van der Waals surface area contributed by atoms with Crippen LogP contribution in [0.25, 0.3) is 0 Å². The Bertz CT molecular complexity index is 420. The van der Waals surface area contributed by atoms with Gasteiger partial charge in [-0.3, -0.25) is 10.1 Å². The van der Waals surface area contributed by atoms with E-state index in [2.05, 4.69) is 5.32 Å². The van der Waals surface area contributed by atoms with E-state index in [0.29, 0.717) is 6.07 Å². The van der Waals surface area contributed by atoms with Crippen LogP contribution in [0.4, 0.5) is 24.5 Å². The molecule has 0 atom stereocenters. The van der Waals surface area contributed by atoms with Crippen LogP contribution < -0.4 is 5.32 Å². The minimum Gasteiger partial charge on any atom is -0.395 e. The summed E-state index contributed by atoms with van der Waals surface area (Å²) in [7, 11) is 0. The van der Waals surface area contributed by atoms with E-state index < -0.39 is 22.4 Å². The van der Waals surface area contributed by atoms with Crippen LogP contribution in [0.3, 0.4) is 0 Å². The lowest BCUT2D eigenvalue weighted by Crippen LogP contribution is -2.13. The maximum Gasteiger partial charge on any atom is 0.423 e. The monoisotopic (exact) mass is 250 g/mol. The Morgan fingerprint density at radius 1 is 1.41 bits per heavy atom. The van der Waals surface area contributed by atoms with Crippen molar-refractivity contribution in [1.82, 2.24) is 0 Å². The molecule has 0 aliphatic rings. The molecule has 94 valence electrons. The van der Waals surface area contributed by atoms with Crippen molar-refractivity contribution in [3.63, 3.8) is 0 Å². The Morgan fingerprint density at radius 2 is 2.06 bits per heavy atom. The van der Waals surface area contributed by atoms with E-state index in [-0.39, 0.29) is 18.8 Å². The van der Waals surface area contributed by atoms with Crippen molar-refractivity contribution in [2.75, 3.05) is 18.5 Å². The van der Waals surface area contributed by atoms with Crippen LogP contribution in [-0.4, -0.2) is 23.2 Å². The van der Waals surface area contributed by atoms with Crippen LogP contribution >= 0.6 is 0 Å². The molecule has 0 spiro atoms. The van der Waals surface area contributed by atoms with Crippen LogP contribution in [0.2, 0.25) is 0 Å². The number of nitrogens with one attached hydrogen (secondary N) is 1. The Morgan fingerprint density at radius 3 is 2.53 bits per heavy atom. The summed E-state index contributed by atoms with van der Waals surface area (Å²) < 4.78 is 37.6. The summed E-state index contributed by atoms with van der Waals surface area (Å²) in [4.78, 5) is 9.56. The fourth-order valence-corrected chi connectivity index (χ4v) is 1.30. The van der Waals surface area contributed by atoms with Gasteiger partial charge < -0.3 is 10.4 Å². The predicted molar refractivity (Wildman–Crippen MR) is 53.7 cm³/mol. The predicted octanol–water partition coefficient (Wildman–Crippen LogP) is 2.02. The standard InChI is InChI=1S/C9H9F3N2O3/c10-9(11,12)6-2-1-3-7(13-4-5-15)8(6)14(16)17/h1-3,13,15H,4-5H2. The molecular weight excluding hydrogens is 241 g/mol. The van der Waals surface area contributed by atoms with Crippen molar-refractivity contribution in [1.29, 1.82) is 0 Å². The molecule has 1 rings (SSSR count). The molecule has 0 aliphatic carbocycles. The molecule has 0 aromatic heterocycles. The largest absolute Gasteiger partial charge is 0.423 e. The molecule has 0 amide bonds. The highest BCUT2D eigenvalue weighted by Gasteiger charge is 2.39. The number of nitrogens with zero attached hydrogens (tertiary/aromatic N) is 1. The molecule has 0 fully saturated rings. The van der Waals surface area contributed by atoms with Gasteiger partial charge in [0, 0.05) is 6.54 Å². The van der Waals surface area contributed by atoms with E-state index >= 15 is 0 Å². The van der Waals surface area contributed by atoms with E-state index in [4.69, 9.17) is 5.11 Å². The number of anilines is 1. The van der Waals surface area contributed by atoms with Gasteiger partial charge in [-0.2, -0.15) is 13.2 Å². The van der Waals surface area contributed by atoms with Crippen molar-refractivity contribution in [2.45, 2.75) is 6.18 Å². The lowest BCUT2D eigenvalue weighted by Gasteiger charge is -2.11. The fourth-order valence-electron chi connectivity index (χ4n) is 1.30. The number of aliphatic hydroxyl groups is 1. The van der Waals surface area contributed by atoms with E-state index in [1.165, 1.54) is 0 Å². The van der Waals surface area contributed by atoms with Crippen LogP contribution in [0.1, 0.15) is 5.56 Å². The second-order valence-electron chi connectivity index (χ2n) is 3.11. The number of nitro benzene ring substituents is 1. The highest BCUT2D eigenvalue weighted by molar-refractivity contribution is 5.66. The number of aliphatic hydroxyl groups excluding tert-OH is 1. The third kappa shape index (κ3) is 3.06. The maximum atomic E-state index is 12.5. The third-order valence-corrected chi connectivity index (χ3v) is 1.95. The quantitative estimate of drug-likeness (QED) is 0.633. The Labute approximate surface area is 94.0 Å². The molecule has 0 radical (unpaired) electrons. The van der Waals surface area contributed by atoms with Crippen molar-refractivity contribution >= 4 is 11.4 Å². The second-order valence-corrected chi connectivity index (χ2v) is 3.11. The lowest BCUT2D eigenvalue weighted by atomic mass is 10.1. The second kappa shape index (κ2) is 5.00. The molecule has 0 heterocycles. The van der Waals surface area contributed by atoms with E-state index in [1.54, 1.807) is 0 Å². The molecule has 0 saturated carbocycles. The molecule has 8 heteroatoms. The molecule has 1 aromatic rings. The first-order valence-electron chi connectivity index (χ1n) is 4.57. The van der Waals surface area contributed by atoms with Gasteiger partial charge in [-0.25, -0.2) is 0 Å². The van der Waals surface area contributed by atoms with Gasteiger partial charge >= 0.3 is 11.9 Å². The van der Waals surface area contributed by atoms with Gasteiger partial charge in [0.15, 0.2) is 0 Å². The Hall–Kier alpha value is -1.83. The van der Waals surface area contributed by atoms with Crippen LogP contribution in [0.5, 0.6) is 0 Å². The maximum absolute atomic E-state index is 12.5. The summed E-state index contributed by atoms with van der Waals surface area (Å²) in [5.74, 6) is 0. The summed E-state index contributed by atoms with van der Waals surface area (Å²) >= 11 is 0. The number of alkyl halides is 3. The zero-order valence-electron chi connectivity index (χ0n) is 8.49. The third-order valence-electron chi connectivity index (χ3n) is 1.95. The van der Waals surface area contributed by atoms with Gasteiger partial charge in [0.1, 0.15) is 11.3 Å². The van der Waals surface area contributed by atoms with Gasteiger partial charge in [-0.15, -0.1) is 0 Å². The molecule has 1 aromatic carbocycles. The van der Waals surface area contributed by atoms with Gasteiger partial charge in [-0.05, 0) is 12.1 Å². The van der Waals surface area contributed by atoms with Crippen LogP contribution in [0.15, 0.2) is 18.2 Å². The number of hydrogen-bond acceptors (Lipinski definition) is 4. The molecule has 0 unspecified atom stereocenters. The highest BCUT2D eigenvalue weighted by Crippen LogP contribution is 2.39. The smallest absolute Gasteiger partial charge is 0.395 e. The number of nitro groups is 1. The SMILES string of the molecule is O=[N+]([O-])c1c(NCCO)cccc1C(F)(F)F. The zero-order valence-corrected chi connectivity index (χ0v) is 8.49. The number of hydrogen-bond donors (Lipinski definition) is 2. The molecule has 0 aliphatic heterocycles. The molecule has 17 heavy (non-hydrogen) atoms. The van der Waals surface area contributed by atoms with E-state index in [0.717, 1.165) is 12.1 Å². The van der Waals surface area contributed by atoms with E-state index in [1.807, 2.05) is 0 Å². The minimum atomic E-state index is -4.79. The first kappa shape index (κ1) is 13.2. The number of benzene rings is 1. The van der Waals surface area contributed by atoms with Crippen molar-refractivity contribution in [3.05, 3.63) is 33.9 Å². The molecule has 5 nitrogen and oxygen atoms in total. The highest BCUT2D eigenvalue weighted by atomic mass is 19.4. The summed E-state index contributed by atoms with van der Waals surface area (Å²) in [6, 6.07) is 2.86. The molecule has 2 N–H and O–H groups in total. The summed E-state index contributed by atoms with van der Waals surface area (Å²) in [6.45, 7) is -0.407. The van der Waals surface area contributed by atoms with Gasteiger partial charge in [-0.1, -0.05) is 6.07 Å². The summed E-state index contributed by atoms with van der Waals surface area (Å²) in [5, 5.41) is 21.6. The average molecular weight is 250 g/mol. The lowest BCUT2D eigenvalue weighted by molar-refractivity contribution is -0.387. The van der Waals surface area contributed by atoms with Crippen LogP contribution in [-0.2, 0) is 6.18 Å². The Kier molecular flexibility index (Phi) is 3.89. The van der Waals surface area contributed by atoms with E-state index in [9.17, 15) is 23.3 Å². The van der Waals surface area contributed by atoms with Gasteiger partial charge in [0.2, 0.25) is 0 Å². The van der Waals surface area contributed by atoms with Crippen molar-refractivity contribution in [3.8, 4) is 0 Å². The number of para-hydroxylation sites is 1. The topological polar surface area (TPSA) is 75.4 Å². The molecule has 0 saturated heterocycles. The van der Waals surface area contributed by atoms with Gasteiger partial charge in [0.05, 0.1) is 11.5 Å². The fraction of sp³-hybridized carbons (Fsp3) is 0.333.